The van der Waals surface area contributed by atoms with Crippen LogP contribution in [-0.2, 0) is 0 Å². The molecule has 1 aliphatic heterocycles. The van der Waals surface area contributed by atoms with Crippen LogP contribution in [0.15, 0.2) is 48.0 Å². The van der Waals surface area contributed by atoms with Crippen LogP contribution in [0, 0.1) is 37.0 Å². The van der Waals surface area contributed by atoms with E-state index in [-0.39, 0.29) is 11.0 Å². The van der Waals surface area contributed by atoms with Gasteiger partial charge in [-0.15, -0.1) is 12.8 Å². The van der Waals surface area contributed by atoms with Crippen LogP contribution in [0.4, 0.5) is 22.0 Å². The second-order valence-electron chi connectivity index (χ2n) is 10.4. The Labute approximate surface area is 225 Å². The van der Waals surface area contributed by atoms with E-state index in [4.69, 9.17) is 0 Å². The topological polar surface area (TPSA) is 15.6 Å². The van der Waals surface area contributed by atoms with Gasteiger partial charge in [0.05, 0.1) is 0 Å². The van der Waals surface area contributed by atoms with Gasteiger partial charge in [-0.2, -0.15) is 13.2 Å². The highest BCUT2D eigenvalue weighted by Gasteiger charge is 2.62. The fraction of sp³-hybridized carbons (Fsp3) is 0.516. The molecule has 38 heavy (non-hydrogen) atoms. The number of hydrogen-bond donors (Lipinski definition) is 0. The Hall–Kier alpha value is -2.88. The summed E-state index contributed by atoms with van der Waals surface area (Å²) in [5.41, 5.74) is 6.31. The third-order valence-corrected chi connectivity index (χ3v) is 7.36. The summed E-state index contributed by atoms with van der Waals surface area (Å²) in [6, 6.07) is 6.41. The fourth-order valence-corrected chi connectivity index (χ4v) is 4.38. The molecule has 0 bridgehead atoms. The number of rotatable bonds is 7. The molecule has 2 nitrogen and oxygen atoms in total. The molecule has 0 aromatic heterocycles. The SMILES string of the molecule is C#C.C=C(CC)c1ccc(C)c(C(=C)N2CC3CC3(C(/C=C(\C)C(C)(F)F)=NC)C2)c1.CC(C)C(F)(F)F. The van der Waals surface area contributed by atoms with Crippen LogP contribution in [0.2, 0.25) is 0 Å². The molecule has 1 heterocycles. The first-order valence-electron chi connectivity index (χ1n) is 12.6. The summed E-state index contributed by atoms with van der Waals surface area (Å²) >= 11 is 0. The van der Waals surface area contributed by atoms with E-state index in [1.54, 1.807) is 13.1 Å². The van der Waals surface area contributed by atoms with Crippen molar-refractivity contribution < 1.29 is 22.0 Å². The van der Waals surface area contributed by atoms with Crippen LogP contribution in [0.3, 0.4) is 0 Å². The second kappa shape index (κ2) is 12.8. The first-order chi connectivity index (χ1) is 17.5. The maximum atomic E-state index is 13.7. The highest BCUT2D eigenvalue weighted by Crippen LogP contribution is 2.60. The predicted octanol–water partition coefficient (Wildman–Crippen LogP) is 8.84. The quantitative estimate of drug-likeness (QED) is 0.193. The summed E-state index contributed by atoms with van der Waals surface area (Å²) in [6.07, 6.45) is 7.52. The van der Waals surface area contributed by atoms with Crippen LogP contribution in [0.25, 0.3) is 11.3 Å². The van der Waals surface area contributed by atoms with Crippen molar-refractivity contribution in [2.24, 2.45) is 22.2 Å². The Balaban J connectivity index is 0.000000696. The first kappa shape index (κ1) is 33.1. The minimum absolute atomic E-state index is 0.0667. The molecule has 0 N–H and O–H groups in total. The van der Waals surface area contributed by atoms with Crippen molar-refractivity contribution in [2.75, 3.05) is 20.1 Å². The summed E-state index contributed by atoms with van der Waals surface area (Å²) in [7, 11) is 1.71. The van der Waals surface area contributed by atoms with Crippen LogP contribution in [0.5, 0.6) is 0 Å². The lowest BCUT2D eigenvalue weighted by Gasteiger charge is -2.27. The van der Waals surface area contributed by atoms with Gasteiger partial charge in [-0.05, 0) is 67.0 Å². The van der Waals surface area contributed by atoms with E-state index in [0.29, 0.717) is 5.92 Å². The molecule has 0 amide bonds. The third kappa shape index (κ3) is 7.82. The summed E-state index contributed by atoms with van der Waals surface area (Å²) in [6.45, 7) is 19.1. The van der Waals surface area contributed by atoms with Crippen molar-refractivity contribution in [1.29, 1.82) is 0 Å². The molecule has 0 radical (unpaired) electrons. The summed E-state index contributed by atoms with van der Waals surface area (Å²) < 4.78 is 60.9. The Morgan fingerprint density at radius 1 is 1.21 bits per heavy atom. The molecular formula is C31H41F5N2. The van der Waals surface area contributed by atoms with Gasteiger partial charge in [0.25, 0.3) is 5.92 Å². The number of piperidine rings is 1. The Morgan fingerprint density at radius 2 is 1.76 bits per heavy atom. The highest BCUT2D eigenvalue weighted by molar-refractivity contribution is 6.03. The summed E-state index contributed by atoms with van der Waals surface area (Å²) in [4.78, 5) is 6.71. The molecule has 3 rings (SSSR count). The van der Waals surface area contributed by atoms with Gasteiger partial charge < -0.3 is 4.90 Å². The highest BCUT2D eigenvalue weighted by atomic mass is 19.4. The molecule has 1 saturated carbocycles. The monoisotopic (exact) mass is 536 g/mol. The molecule has 210 valence electrons. The Morgan fingerprint density at radius 3 is 2.21 bits per heavy atom. The average molecular weight is 537 g/mol. The molecule has 1 aromatic rings. The maximum absolute atomic E-state index is 13.7. The zero-order valence-electron chi connectivity index (χ0n) is 23.6. The van der Waals surface area contributed by atoms with E-state index in [9.17, 15) is 22.0 Å². The number of terminal acetylenes is 1. The number of alkyl halides is 5. The average Bonchev–Trinajstić information content (AvgIpc) is 3.42. The smallest absolute Gasteiger partial charge is 0.370 e. The minimum atomic E-state index is -4.00. The van der Waals surface area contributed by atoms with Crippen molar-refractivity contribution in [2.45, 2.75) is 66.5 Å². The van der Waals surface area contributed by atoms with Crippen LogP contribution in [0.1, 0.15) is 64.2 Å². The molecule has 7 heteroatoms. The van der Waals surface area contributed by atoms with Gasteiger partial charge in [-0.25, -0.2) is 8.78 Å². The molecule has 1 aliphatic carbocycles. The Kier molecular flexibility index (Phi) is 11.1. The summed E-state index contributed by atoms with van der Waals surface area (Å²) in [5.74, 6) is -3.58. The molecule has 1 aromatic carbocycles. The van der Waals surface area contributed by atoms with Gasteiger partial charge in [0.15, 0.2) is 0 Å². The predicted molar refractivity (Wildman–Crippen MR) is 150 cm³/mol. The van der Waals surface area contributed by atoms with E-state index >= 15 is 0 Å². The lowest BCUT2D eigenvalue weighted by atomic mass is 9.95. The largest absolute Gasteiger partial charge is 0.391 e. The van der Waals surface area contributed by atoms with Gasteiger partial charge in [-0.3, -0.25) is 4.99 Å². The first-order valence-corrected chi connectivity index (χ1v) is 12.6. The lowest BCUT2D eigenvalue weighted by Crippen LogP contribution is -2.28. The second-order valence-corrected chi connectivity index (χ2v) is 10.4. The number of fused-ring (bicyclic) bond motifs is 1. The zero-order chi connectivity index (χ0) is 29.6. The molecular weight excluding hydrogens is 495 g/mol. The van der Waals surface area contributed by atoms with Crippen LogP contribution >= 0.6 is 0 Å². The molecule has 2 aliphatic rings. The van der Waals surface area contributed by atoms with E-state index < -0.39 is 18.0 Å². The van der Waals surface area contributed by atoms with Crippen LogP contribution in [-0.4, -0.2) is 42.8 Å². The van der Waals surface area contributed by atoms with Crippen molar-refractivity contribution in [1.82, 2.24) is 4.90 Å². The molecule has 2 unspecified atom stereocenters. The minimum Gasteiger partial charge on any atom is -0.370 e. The molecule has 0 spiro atoms. The zero-order valence-corrected chi connectivity index (χ0v) is 23.6. The standard InChI is InChI=1S/C25H32F2N2.C4H7F3.C2H2/c1-8-16(2)20-10-9-17(3)22(12-20)19(5)29-14-21-13-25(21,15-29)23(28-7)11-18(4)24(6,26)27;1-3(2)4(5,6)7;1-2/h9-12,21H,2,5,8,13-15H2,1,3-4,6-7H3;3H,1-2H3;1-2H/b18-11+,28-23?;;. The van der Waals surface area contributed by atoms with E-state index in [2.05, 4.69) is 67.9 Å². The number of aryl methyl sites for hydroxylation is 1. The van der Waals surface area contributed by atoms with Crippen molar-refractivity contribution >= 4 is 17.0 Å². The van der Waals surface area contributed by atoms with E-state index in [1.165, 1.54) is 12.5 Å². The molecule has 2 fully saturated rings. The van der Waals surface area contributed by atoms with E-state index in [1.807, 2.05) is 0 Å². The molecule has 1 saturated heterocycles. The maximum Gasteiger partial charge on any atom is 0.391 e. The number of allylic oxidation sites excluding steroid dienone is 3. The van der Waals surface area contributed by atoms with Crippen molar-refractivity contribution in [3.05, 3.63) is 59.7 Å². The normalized spacial score (nSPS) is 21.1. The number of halogens is 5. The lowest BCUT2D eigenvalue weighted by molar-refractivity contribution is -0.164. The van der Waals surface area contributed by atoms with Crippen molar-refractivity contribution in [3.8, 4) is 12.8 Å². The van der Waals surface area contributed by atoms with Gasteiger partial charge >= 0.3 is 6.18 Å². The molecule has 2 atom stereocenters. The van der Waals surface area contributed by atoms with Crippen molar-refractivity contribution in [3.63, 3.8) is 0 Å². The van der Waals surface area contributed by atoms with Crippen LogP contribution < -0.4 is 0 Å². The van der Waals surface area contributed by atoms with Gasteiger partial charge in [0.1, 0.15) is 0 Å². The van der Waals surface area contributed by atoms with Gasteiger partial charge in [-0.1, -0.05) is 46.1 Å². The summed E-state index contributed by atoms with van der Waals surface area (Å²) in [5, 5.41) is 0. The number of nitrogens with zero attached hydrogens (tertiary/aromatic N) is 2. The van der Waals surface area contributed by atoms with E-state index in [0.717, 1.165) is 74.8 Å². The Bertz CT molecular complexity index is 1090. The number of aliphatic imine (C=N–C) groups is 1. The number of benzene rings is 1. The fourth-order valence-electron chi connectivity index (χ4n) is 4.38. The van der Waals surface area contributed by atoms with Gasteiger partial charge in [0, 0.05) is 55.4 Å². The van der Waals surface area contributed by atoms with Gasteiger partial charge in [0.2, 0.25) is 0 Å². The number of hydrogen-bond acceptors (Lipinski definition) is 2. The third-order valence-electron chi connectivity index (χ3n) is 7.36. The number of likely N-dealkylation sites (tertiary alicyclic amines) is 1.